The van der Waals surface area contributed by atoms with E-state index in [2.05, 4.69) is 10.2 Å². The van der Waals surface area contributed by atoms with E-state index in [0.717, 1.165) is 55.6 Å². The van der Waals surface area contributed by atoms with Gasteiger partial charge in [-0.05, 0) is 61.7 Å². The molecule has 1 aliphatic heterocycles. The van der Waals surface area contributed by atoms with E-state index in [1.165, 1.54) is 6.26 Å². The van der Waals surface area contributed by atoms with Crippen LogP contribution in [-0.4, -0.2) is 44.2 Å². The summed E-state index contributed by atoms with van der Waals surface area (Å²) in [6.45, 7) is 5.06. The van der Waals surface area contributed by atoms with Gasteiger partial charge in [-0.25, -0.2) is 0 Å². The maximum Gasteiger partial charge on any atom is 0.294 e. The molecule has 2 heterocycles. The highest BCUT2D eigenvalue weighted by Crippen LogP contribution is 2.32. The Morgan fingerprint density at radius 1 is 0.972 bits per heavy atom. The summed E-state index contributed by atoms with van der Waals surface area (Å²) in [6, 6.07) is 18.3. The van der Waals surface area contributed by atoms with Crippen LogP contribution in [0, 0.1) is 6.92 Å². The number of anilines is 2. The molecule has 1 unspecified atom stereocenters. The summed E-state index contributed by atoms with van der Waals surface area (Å²) in [5, 5.41) is 3.23. The maximum atomic E-state index is 13.9. The van der Waals surface area contributed by atoms with Crippen LogP contribution in [0.25, 0.3) is 0 Å². The van der Waals surface area contributed by atoms with Crippen molar-refractivity contribution in [1.82, 2.24) is 5.32 Å². The monoisotopic (exact) mass is 487 g/mol. The lowest BCUT2D eigenvalue weighted by molar-refractivity contribution is -0.123. The Morgan fingerprint density at radius 2 is 1.67 bits per heavy atom. The molecule has 7 heteroatoms. The van der Waals surface area contributed by atoms with Gasteiger partial charge in [-0.15, -0.1) is 0 Å². The largest absolute Gasteiger partial charge is 0.459 e. The molecule has 1 aliphatic carbocycles. The van der Waals surface area contributed by atoms with Gasteiger partial charge in [0.1, 0.15) is 6.04 Å². The lowest BCUT2D eigenvalue weighted by Gasteiger charge is -2.33. The molecule has 1 N–H and O–H groups in total. The van der Waals surface area contributed by atoms with E-state index in [1.54, 1.807) is 17.0 Å². The number of nitrogens with one attached hydrogen (secondary N) is 1. The van der Waals surface area contributed by atoms with Crippen molar-refractivity contribution in [2.45, 2.75) is 44.7 Å². The number of hydrogen-bond acceptors (Lipinski definition) is 5. The van der Waals surface area contributed by atoms with Gasteiger partial charge in [0.25, 0.3) is 5.91 Å². The number of carbonyl (C=O) groups is 2. The highest BCUT2D eigenvalue weighted by molar-refractivity contribution is 6.08. The third kappa shape index (κ3) is 5.31. The van der Waals surface area contributed by atoms with Crippen molar-refractivity contribution in [3.05, 3.63) is 83.8 Å². The first-order chi connectivity index (χ1) is 17.6. The van der Waals surface area contributed by atoms with Crippen LogP contribution in [-0.2, 0) is 9.53 Å². The molecule has 36 heavy (non-hydrogen) atoms. The Kier molecular flexibility index (Phi) is 7.37. The highest BCUT2D eigenvalue weighted by Gasteiger charge is 2.36. The lowest BCUT2D eigenvalue weighted by Crippen LogP contribution is -2.46. The second-order valence-corrected chi connectivity index (χ2v) is 9.57. The second kappa shape index (κ2) is 11.0. The van der Waals surface area contributed by atoms with Crippen molar-refractivity contribution in [3.8, 4) is 0 Å². The first-order valence-electron chi connectivity index (χ1n) is 12.8. The summed E-state index contributed by atoms with van der Waals surface area (Å²) in [4.78, 5) is 31.5. The van der Waals surface area contributed by atoms with Crippen molar-refractivity contribution in [1.29, 1.82) is 0 Å². The molecule has 7 nitrogen and oxygen atoms in total. The van der Waals surface area contributed by atoms with Crippen LogP contribution in [0.3, 0.4) is 0 Å². The molecule has 2 aliphatic rings. The number of furan rings is 1. The highest BCUT2D eigenvalue weighted by atomic mass is 16.5. The number of rotatable bonds is 7. The Labute approximate surface area is 212 Å². The fraction of sp³-hybridized carbons (Fsp3) is 0.379. The fourth-order valence-corrected chi connectivity index (χ4v) is 5.06. The van der Waals surface area contributed by atoms with E-state index in [0.29, 0.717) is 18.9 Å². The van der Waals surface area contributed by atoms with Crippen LogP contribution in [0.1, 0.15) is 53.4 Å². The molecule has 0 radical (unpaired) electrons. The number of amides is 2. The van der Waals surface area contributed by atoms with Gasteiger partial charge in [-0.3, -0.25) is 14.5 Å². The van der Waals surface area contributed by atoms with Crippen LogP contribution in [0.5, 0.6) is 0 Å². The summed E-state index contributed by atoms with van der Waals surface area (Å²) in [7, 11) is 0. The van der Waals surface area contributed by atoms with E-state index in [-0.39, 0.29) is 23.6 Å². The molecule has 5 rings (SSSR count). The van der Waals surface area contributed by atoms with Crippen molar-refractivity contribution in [2.24, 2.45) is 0 Å². The summed E-state index contributed by atoms with van der Waals surface area (Å²) in [6.07, 6.45) is 5.62. The molecular formula is C29H33N3O4. The number of nitrogens with zero attached hydrogens (tertiary/aromatic N) is 2. The molecule has 2 fully saturated rings. The summed E-state index contributed by atoms with van der Waals surface area (Å²) < 4.78 is 11.0. The van der Waals surface area contributed by atoms with Gasteiger partial charge in [-0.1, -0.05) is 42.7 Å². The van der Waals surface area contributed by atoms with E-state index in [4.69, 9.17) is 9.15 Å². The third-order valence-electron chi connectivity index (χ3n) is 7.06. The van der Waals surface area contributed by atoms with Gasteiger partial charge in [-0.2, -0.15) is 0 Å². The Balaban J connectivity index is 1.54. The van der Waals surface area contributed by atoms with Crippen molar-refractivity contribution >= 4 is 23.2 Å². The molecule has 1 aromatic heterocycles. The summed E-state index contributed by atoms with van der Waals surface area (Å²) in [5.41, 5.74) is 3.55. The predicted octanol–water partition coefficient (Wildman–Crippen LogP) is 4.87. The molecule has 2 aromatic carbocycles. The van der Waals surface area contributed by atoms with E-state index >= 15 is 0 Å². The van der Waals surface area contributed by atoms with Crippen LogP contribution in [0.4, 0.5) is 11.4 Å². The number of aryl methyl sites for hydroxylation is 1. The van der Waals surface area contributed by atoms with Crippen LogP contribution in [0.2, 0.25) is 0 Å². The van der Waals surface area contributed by atoms with Crippen LogP contribution < -0.4 is 15.1 Å². The van der Waals surface area contributed by atoms with Gasteiger partial charge < -0.3 is 19.4 Å². The number of carbonyl (C=O) groups excluding carboxylic acids is 2. The quantitative estimate of drug-likeness (QED) is 0.515. The Morgan fingerprint density at radius 3 is 2.31 bits per heavy atom. The van der Waals surface area contributed by atoms with E-state index in [9.17, 15) is 9.59 Å². The zero-order valence-electron chi connectivity index (χ0n) is 20.7. The smallest absolute Gasteiger partial charge is 0.294 e. The molecule has 3 aromatic rings. The molecule has 1 saturated carbocycles. The van der Waals surface area contributed by atoms with E-state index < -0.39 is 6.04 Å². The predicted molar refractivity (Wildman–Crippen MR) is 139 cm³/mol. The number of benzene rings is 2. The van der Waals surface area contributed by atoms with Gasteiger partial charge in [0.05, 0.1) is 19.5 Å². The molecule has 1 saturated heterocycles. The van der Waals surface area contributed by atoms with Gasteiger partial charge >= 0.3 is 0 Å². The normalized spacial score (nSPS) is 17.1. The minimum absolute atomic E-state index is 0.131. The first-order valence-corrected chi connectivity index (χ1v) is 12.8. The van der Waals surface area contributed by atoms with Crippen molar-refractivity contribution in [3.63, 3.8) is 0 Å². The zero-order chi connectivity index (χ0) is 24.9. The summed E-state index contributed by atoms with van der Waals surface area (Å²) >= 11 is 0. The molecule has 188 valence electrons. The minimum atomic E-state index is -0.843. The van der Waals surface area contributed by atoms with Crippen molar-refractivity contribution in [2.75, 3.05) is 36.1 Å². The number of ether oxygens (including phenoxy) is 1. The average Bonchev–Trinajstić information content (AvgIpc) is 3.63. The molecule has 1 atom stereocenters. The molecular weight excluding hydrogens is 454 g/mol. The molecule has 0 spiro atoms. The molecule has 0 bridgehead atoms. The van der Waals surface area contributed by atoms with Gasteiger partial charge in [0.2, 0.25) is 5.91 Å². The summed E-state index contributed by atoms with van der Waals surface area (Å²) in [5.74, 6) is -0.339. The Bertz CT molecular complexity index is 1150. The average molecular weight is 488 g/mol. The number of morpholine rings is 1. The lowest BCUT2D eigenvalue weighted by atomic mass is 10.0. The number of hydrogen-bond donors (Lipinski definition) is 1. The minimum Gasteiger partial charge on any atom is -0.459 e. The fourth-order valence-electron chi connectivity index (χ4n) is 5.06. The maximum absolute atomic E-state index is 13.9. The second-order valence-electron chi connectivity index (χ2n) is 9.57. The SMILES string of the molecule is Cc1ccc(N(C(=O)c2ccco2)C(C(=O)NC2CCCC2)c2ccc(N3CCOCC3)cc2)cc1. The van der Waals surface area contributed by atoms with Gasteiger partial charge in [0, 0.05) is 30.5 Å². The van der Waals surface area contributed by atoms with E-state index in [1.807, 2.05) is 55.5 Å². The first kappa shape index (κ1) is 24.1. The zero-order valence-corrected chi connectivity index (χ0v) is 20.7. The van der Waals surface area contributed by atoms with Crippen LogP contribution in [0.15, 0.2) is 71.3 Å². The third-order valence-corrected chi connectivity index (χ3v) is 7.06. The topological polar surface area (TPSA) is 75.0 Å². The standard InChI is InChI=1S/C29H33N3O4/c1-21-8-12-25(13-9-21)32(29(34)26-7-4-18-36-26)27(28(33)30-23-5-2-3-6-23)22-10-14-24(15-11-22)31-16-19-35-20-17-31/h4,7-15,18,23,27H,2-3,5-6,16-17,19-20H2,1H3,(H,30,33). The molecule has 2 amide bonds. The van der Waals surface area contributed by atoms with Crippen LogP contribution >= 0.6 is 0 Å². The Hall–Kier alpha value is -3.58. The van der Waals surface area contributed by atoms with Gasteiger partial charge in [0.15, 0.2) is 5.76 Å². The van der Waals surface area contributed by atoms with Crippen molar-refractivity contribution < 1.29 is 18.7 Å².